The number of carboxylic acids is 1. The highest BCUT2D eigenvalue weighted by Crippen LogP contribution is 2.16. The second-order valence-corrected chi connectivity index (χ2v) is 4.32. The minimum atomic E-state index is -1.08. The van der Waals surface area contributed by atoms with Gasteiger partial charge < -0.3 is 9.52 Å². The highest BCUT2D eigenvalue weighted by atomic mass is 32.2. The number of aromatic nitrogens is 4. The van der Waals surface area contributed by atoms with Gasteiger partial charge in [-0.25, -0.2) is 9.78 Å². The van der Waals surface area contributed by atoms with Crippen LogP contribution in [0.2, 0.25) is 0 Å². The first kappa shape index (κ1) is 11.6. The molecule has 0 amide bonds. The van der Waals surface area contributed by atoms with Gasteiger partial charge in [-0.3, -0.25) is 4.68 Å². The third-order valence-corrected chi connectivity index (χ3v) is 2.72. The quantitative estimate of drug-likeness (QED) is 0.797. The number of thioether (sulfide) groups is 1. The molecule has 0 unspecified atom stereocenters. The van der Waals surface area contributed by atoms with Crippen molar-refractivity contribution in [1.82, 2.24) is 20.0 Å². The minimum Gasteiger partial charge on any atom is -0.476 e. The van der Waals surface area contributed by atoms with Gasteiger partial charge in [-0.1, -0.05) is 17.0 Å². The molecule has 17 heavy (non-hydrogen) atoms. The molecule has 0 aliphatic heterocycles. The molecule has 0 spiro atoms. The van der Waals surface area contributed by atoms with E-state index in [1.807, 2.05) is 6.92 Å². The Morgan fingerprint density at radius 1 is 1.65 bits per heavy atom. The molecule has 0 atom stereocenters. The summed E-state index contributed by atoms with van der Waals surface area (Å²) in [5.74, 6) is -0.394. The second kappa shape index (κ2) is 5.00. The van der Waals surface area contributed by atoms with Gasteiger partial charge in [0.15, 0.2) is 5.69 Å². The van der Waals surface area contributed by atoms with E-state index in [1.54, 1.807) is 6.26 Å². The van der Waals surface area contributed by atoms with E-state index >= 15 is 0 Å². The monoisotopic (exact) mass is 254 g/mol. The number of hydrogen-bond acceptors (Lipinski definition) is 6. The van der Waals surface area contributed by atoms with Gasteiger partial charge in [0, 0.05) is 5.75 Å². The molecule has 0 saturated heterocycles. The van der Waals surface area contributed by atoms with Gasteiger partial charge in [0.05, 0.1) is 18.4 Å². The molecule has 1 N–H and O–H groups in total. The molecular weight excluding hydrogens is 244 g/mol. The zero-order chi connectivity index (χ0) is 12.3. The summed E-state index contributed by atoms with van der Waals surface area (Å²) < 4.78 is 6.64. The summed E-state index contributed by atoms with van der Waals surface area (Å²) >= 11 is 1.44. The van der Waals surface area contributed by atoms with Gasteiger partial charge in [0.25, 0.3) is 5.22 Å². The van der Waals surface area contributed by atoms with Crippen LogP contribution in [0.15, 0.2) is 22.1 Å². The number of carbonyl (C=O) groups is 1. The van der Waals surface area contributed by atoms with Gasteiger partial charge in [0.1, 0.15) is 6.26 Å². The molecule has 2 aromatic heterocycles. The van der Waals surface area contributed by atoms with Crippen molar-refractivity contribution < 1.29 is 14.3 Å². The average molecular weight is 254 g/mol. The van der Waals surface area contributed by atoms with Crippen molar-refractivity contribution in [2.24, 2.45) is 0 Å². The standard InChI is InChI=1S/C9H10N4O3S/c1-6-5-16-9(10-6)17-3-2-13-4-7(8(14)15)11-12-13/h4-5H,2-3H2,1H3,(H,14,15). The van der Waals surface area contributed by atoms with Gasteiger partial charge in [-0.15, -0.1) is 5.10 Å². The van der Waals surface area contributed by atoms with E-state index in [1.165, 1.54) is 22.6 Å². The lowest BCUT2D eigenvalue weighted by Crippen LogP contribution is -2.01. The summed E-state index contributed by atoms with van der Waals surface area (Å²) in [5.41, 5.74) is 0.781. The molecule has 0 radical (unpaired) electrons. The smallest absolute Gasteiger partial charge is 0.358 e. The molecule has 7 nitrogen and oxygen atoms in total. The molecule has 90 valence electrons. The highest BCUT2D eigenvalue weighted by molar-refractivity contribution is 7.99. The molecule has 0 fully saturated rings. The van der Waals surface area contributed by atoms with E-state index in [-0.39, 0.29) is 5.69 Å². The summed E-state index contributed by atoms with van der Waals surface area (Å²) in [7, 11) is 0. The average Bonchev–Trinajstić information content (AvgIpc) is 2.88. The number of aryl methyl sites for hydroxylation is 2. The van der Waals surface area contributed by atoms with E-state index in [0.29, 0.717) is 17.5 Å². The van der Waals surface area contributed by atoms with Crippen LogP contribution < -0.4 is 0 Å². The third-order valence-electron chi connectivity index (χ3n) is 1.90. The summed E-state index contributed by atoms with van der Waals surface area (Å²) in [6.07, 6.45) is 2.98. The van der Waals surface area contributed by atoms with Gasteiger partial charge >= 0.3 is 5.97 Å². The Balaban J connectivity index is 1.83. The predicted molar refractivity (Wildman–Crippen MR) is 58.9 cm³/mol. The maximum Gasteiger partial charge on any atom is 0.358 e. The lowest BCUT2D eigenvalue weighted by molar-refractivity contribution is 0.0690. The van der Waals surface area contributed by atoms with Crippen LogP contribution in [-0.4, -0.2) is 36.8 Å². The molecule has 2 aromatic rings. The Bertz CT molecular complexity index is 522. The minimum absolute atomic E-state index is 0.0537. The lowest BCUT2D eigenvalue weighted by Gasteiger charge is -1.96. The van der Waals surface area contributed by atoms with Crippen LogP contribution in [0, 0.1) is 6.92 Å². The van der Waals surface area contributed by atoms with Crippen LogP contribution in [0.4, 0.5) is 0 Å². The summed E-state index contributed by atoms with van der Waals surface area (Å²) in [4.78, 5) is 14.7. The Kier molecular flexibility index (Phi) is 3.43. The topological polar surface area (TPSA) is 94.0 Å². The maximum atomic E-state index is 10.6. The SMILES string of the molecule is Cc1coc(SCCn2cc(C(=O)O)nn2)n1. The van der Waals surface area contributed by atoms with E-state index in [4.69, 9.17) is 9.52 Å². The van der Waals surface area contributed by atoms with Gasteiger partial charge in [0.2, 0.25) is 0 Å². The largest absolute Gasteiger partial charge is 0.476 e. The fourth-order valence-corrected chi connectivity index (χ4v) is 1.91. The van der Waals surface area contributed by atoms with E-state index in [9.17, 15) is 4.79 Å². The van der Waals surface area contributed by atoms with Crippen molar-refractivity contribution in [1.29, 1.82) is 0 Å². The van der Waals surface area contributed by atoms with Crippen LogP contribution >= 0.6 is 11.8 Å². The molecule has 8 heteroatoms. The van der Waals surface area contributed by atoms with Gasteiger partial charge in [-0.05, 0) is 6.92 Å². The Hall–Kier alpha value is -1.83. The summed E-state index contributed by atoms with van der Waals surface area (Å²) in [6.45, 7) is 2.40. The number of nitrogens with zero attached hydrogens (tertiary/aromatic N) is 4. The predicted octanol–water partition coefficient (Wildman–Crippen LogP) is 1.07. The maximum absolute atomic E-state index is 10.6. The first-order valence-electron chi connectivity index (χ1n) is 4.83. The van der Waals surface area contributed by atoms with E-state index in [0.717, 1.165) is 5.69 Å². The van der Waals surface area contributed by atoms with Gasteiger partial charge in [-0.2, -0.15) is 0 Å². The van der Waals surface area contributed by atoms with Crippen LogP contribution in [0.1, 0.15) is 16.2 Å². The lowest BCUT2D eigenvalue weighted by atomic mass is 10.5. The molecule has 0 aliphatic rings. The van der Waals surface area contributed by atoms with Crippen molar-refractivity contribution >= 4 is 17.7 Å². The molecule has 0 aromatic carbocycles. The van der Waals surface area contributed by atoms with Crippen LogP contribution in [0.25, 0.3) is 0 Å². The molecule has 0 saturated carbocycles. The zero-order valence-electron chi connectivity index (χ0n) is 9.03. The zero-order valence-corrected chi connectivity index (χ0v) is 9.85. The molecule has 0 aliphatic carbocycles. The molecule has 2 heterocycles. The van der Waals surface area contributed by atoms with Crippen LogP contribution in [-0.2, 0) is 6.54 Å². The van der Waals surface area contributed by atoms with E-state index in [2.05, 4.69) is 15.3 Å². The molecule has 0 bridgehead atoms. The normalized spacial score (nSPS) is 10.6. The number of oxazole rings is 1. The highest BCUT2D eigenvalue weighted by Gasteiger charge is 2.08. The Morgan fingerprint density at radius 3 is 3.06 bits per heavy atom. The summed E-state index contributed by atoms with van der Waals surface area (Å²) in [5, 5.41) is 16.5. The fourth-order valence-electron chi connectivity index (χ4n) is 1.13. The van der Waals surface area contributed by atoms with Crippen molar-refractivity contribution in [3.8, 4) is 0 Å². The van der Waals surface area contributed by atoms with Crippen molar-refractivity contribution in [3.63, 3.8) is 0 Å². The Morgan fingerprint density at radius 2 is 2.47 bits per heavy atom. The van der Waals surface area contributed by atoms with Crippen molar-refractivity contribution in [3.05, 3.63) is 23.8 Å². The van der Waals surface area contributed by atoms with Crippen molar-refractivity contribution in [2.75, 3.05) is 5.75 Å². The number of carboxylic acid groups (broad SMARTS) is 1. The molecular formula is C9H10N4O3S. The number of rotatable bonds is 5. The number of aromatic carboxylic acids is 1. The summed E-state index contributed by atoms with van der Waals surface area (Å²) in [6, 6.07) is 0. The molecule has 2 rings (SSSR count). The van der Waals surface area contributed by atoms with Crippen LogP contribution in [0.3, 0.4) is 0 Å². The first-order valence-corrected chi connectivity index (χ1v) is 5.82. The fraction of sp³-hybridized carbons (Fsp3) is 0.333. The third kappa shape index (κ3) is 3.06. The van der Waals surface area contributed by atoms with Crippen LogP contribution in [0.5, 0.6) is 0 Å². The Labute approximate surface area is 101 Å². The first-order chi connectivity index (χ1) is 8.15. The van der Waals surface area contributed by atoms with E-state index < -0.39 is 5.97 Å². The second-order valence-electron chi connectivity index (χ2n) is 3.28. The number of hydrogen-bond donors (Lipinski definition) is 1. The van der Waals surface area contributed by atoms with Crippen molar-refractivity contribution in [2.45, 2.75) is 18.7 Å².